The molecule has 0 unspecified atom stereocenters. The molecule has 1 N–H and O–H groups in total. The summed E-state index contributed by atoms with van der Waals surface area (Å²) in [5.74, 6) is -0.0349. The van der Waals surface area contributed by atoms with Gasteiger partial charge in [-0.25, -0.2) is 4.68 Å². The minimum Gasteiger partial charge on any atom is -0.320 e. The summed E-state index contributed by atoms with van der Waals surface area (Å²) in [6, 6.07) is 8.65. The zero-order valence-corrected chi connectivity index (χ0v) is 13.4. The van der Waals surface area contributed by atoms with Gasteiger partial charge in [-0.1, -0.05) is 31.5 Å². The van der Waals surface area contributed by atoms with Crippen molar-refractivity contribution < 1.29 is 4.79 Å². The van der Waals surface area contributed by atoms with E-state index >= 15 is 0 Å². The summed E-state index contributed by atoms with van der Waals surface area (Å²) in [4.78, 5) is 24.1. The molecule has 0 atom stereocenters. The first-order valence-electron chi connectivity index (χ1n) is 7.33. The number of benzene rings is 1. The first-order chi connectivity index (χ1) is 10.4. The Labute approximate surface area is 130 Å². The van der Waals surface area contributed by atoms with Gasteiger partial charge in [-0.15, -0.1) is 0 Å². The molecule has 1 aromatic heterocycles. The van der Waals surface area contributed by atoms with Crippen molar-refractivity contribution in [3.8, 4) is 0 Å². The van der Waals surface area contributed by atoms with Crippen LogP contribution in [0.25, 0.3) is 0 Å². The predicted octanol–water partition coefficient (Wildman–Crippen LogP) is 2.77. The van der Waals surface area contributed by atoms with Crippen LogP contribution in [0.5, 0.6) is 0 Å². The number of hydrogen-bond acceptors (Lipinski definition) is 3. The van der Waals surface area contributed by atoms with Crippen LogP contribution in [0.2, 0.25) is 0 Å². The molecule has 0 aliphatic rings. The van der Waals surface area contributed by atoms with Crippen LogP contribution in [-0.2, 0) is 6.54 Å². The Kier molecular flexibility index (Phi) is 4.75. The summed E-state index contributed by atoms with van der Waals surface area (Å²) in [6.07, 6.45) is 0. The van der Waals surface area contributed by atoms with Crippen LogP contribution < -0.4 is 10.9 Å². The quantitative estimate of drug-likeness (QED) is 0.944. The number of rotatable bonds is 4. The molecule has 22 heavy (non-hydrogen) atoms. The largest absolute Gasteiger partial charge is 0.320 e. The van der Waals surface area contributed by atoms with E-state index in [-0.39, 0.29) is 23.1 Å². The maximum absolute atomic E-state index is 12.3. The zero-order chi connectivity index (χ0) is 16.3. The number of aromatic nitrogens is 2. The van der Waals surface area contributed by atoms with Gasteiger partial charge >= 0.3 is 0 Å². The van der Waals surface area contributed by atoms with E-state index < -0.39 is 0 Å². The second-order valence-corrected chi connectivity index (χ2v) is 5.91. The summed E-state index contributed by atoms with van der Waals surface area (Å²) in [5.41, 5.74) is 2.92. The Morgan fingerprint density at radius 2 is 1.95 bits per heavy atom. The number of anilines is 1. The van der Waals surface area contributed by atoms with Gasteiger partial charge in [0, 0.05) is 18.3 Å². The Morgan fingerprint density at radius 1 is 1.23 bits per heavy atom. The Balaban J connectivity index is 2.24. The number of carbonyl (C=O) groups excluding carboxylic acids is 1. The summed E-state index contributed by atoms with van der Waals surface area (Å²) in [6.45, 7) is 8.42. The van der Waals surface area contributed by atoms with Crippen LogP contribution in [0.15, 0.2) is 35.1 Å². The summed E-state index contributed by atoms with van der Waals surface area (Å²) < 4.78 is 1.33. The molecule has 0 spiro atoms. The van der Waals surface area contributed by atoms with Crippen LogP contribution in [0.1, 0.15) is 35.5 Å². The van der Waals surface area contributed by atoms with Gasteiger partial charge in [0.05, 0.1) is 0 Å². The van der Waals surface area contributed by atoms with Crippen molar-refractivity contribution >= 4 is 11.6 Å². The minimum absolute atomic E-state index is 0.197. The topological polar surface area (TPSA) is 64.0 Å². The molecular weight excluding hydrogens is 278 g/mol. The lowest BCUT2D eigenvalue weighted by Gasteiger charge is -2.11. The van der Waals surface area contributed by atoms with Crippen molar-refractivity contribution in [2.24, 2.45) is 5.92 Å². The number of amides is 1. The van der Waals surface area contributed by atoms with Gasteiger partial charge in [-0.05, 0) is 37.5 Å². The van der Waals surface area contributed by atoms with Crippen molar-refractivity contribution in [1.29, 1.82) is 0 Å². The molecule has 2 rings (SSSR count). The molecule has 1 amide bonds. The lowest BCUT2D eigenvalue weighted by atomic mass is 10.1. The van der Waals surface area contributed by atoms with Gasteiger partial charge in [0.15, 0.2) is 0 Å². The van der Waals surface area contributed by atoms with E-state index in [1.165, 1.54) is 16.8 Å². The van der Waals surface area contributed by atoms with Gasteiger partial charge < -0.3 is 5.32 Å². The SMILES string of the molecule is Cc1ccc(NC(=O)c2ccc(=O)n(CC(C)C)n2)c(C)c1. The molecule has 0 saturated heterocycles. The van der Waals surface area contributed by atoms with E-state index in [2.05, 4.69) is 10.4 Å². The molecule has 2 aromatic rings. The molecule has 0 aliphatic carbocycles. The van der Waals surface area contributed by atoms with Crippen LogP contribution >= 0.6 is 0 Å². The van der Waals surface area contributed by atoms with Crippen molar-refractivity contribution in [2.45, 2.75) is 34.2 Å². The average molecular weight is 299 g/mol. The van der Waals surface area contributed by atoms with E-state index in [9.17, 15) is 9.59 Å². The van der Waals surface area contributed by atoms with Gasteiger partial charge in [0.1, 0.15) is 5.69 Å². The van der Waals surface area contributed by atoms with Crippen LogP contribution in [-0.4, -0.2) is 15.7 Å². The third-order valence-electron chi connectivity index (χ3n) is 3.27. The van der Waals surface area contributed by atoms with Crippen molar-refractivity contribution in [3.63, 3.8) is 0 Å². The van der Waals surface area contributed by atoms with Gasteiger partial charge in [0.2, 0.25) is 0 Å². The molecule has 0 fully saturated rings. The van der Waals surface area contributed by atoms with Gasteiger partial charge in [-0.3, -0.25) is 9.59 Å². The fourth-order valence-electron chi connectivity index (χ4n) is 2.19. The highest BCUT2D eigenvalue weighted by Crippen LogP contribution is 2.16. The third kappa shape index (κ3) is 3.81. The van der Waals surface area contributed by atoms with E-state index in [4.69, 9.17) is 0 Å². The van der Waals surface area contributed by atoms with Crippen LogP contribution in [0.4, 0.5) is 5.69 Å². The summed E-state index contributed by atoms with van der Waals surface area (Å²) in [5, 5.41) is 6.98. The third-order valence-corrected chi connectivity index (χ3v) is 3.27. The highest BCUT2D eigenvalue weighted by molar-refractivity contribution is 6.03. The molecule has 0 bridgehead atoms. The highest BCUT2D eigenvalue weighted by Gasteiger charge is 2.11. The molecule has 0 radical (unpaired) electrons. The minimum atomic E-state index is -0.315. The zero-order valence-electron chi connectivity index (χ0n) is 13.4. The second kappa shape index (κ2) is 6.56. The van der Waals surface area contributed by atoms with Crippen molar-refractivity contribution in [2.75, 3.05) is 5.32 Å². The first-order valence-corrected chi connectivity index (χ1v) is 7.33. The fourth-order valence-corrected chi connectivity index (χ4v) is 2.19. The molecule has 5 nitrogen and oxygen atoms in total. The monoisotopic (exact) mass is 299 g/mol. The fraction of sp³-hybridized carbons (Fsp3) is 0.353. The van der Waals surface area contributed by atoms with E-state index in [1.807, 2.05) is 45.9 Å². The summed E-state index contributed by atoms with van der Waals surface area (Å²) >= 11 is 0. The lowest BCUT2D eigenvalue weighted by molar-refractivity contribution is 0.101. The average Bonchev–Trinajstić information content (AvgIpc) is 2.43. The molecule has 5 heteroatoms. The first kappa shape index (κ1) is 15.9. The van der Waals surface area contributed by atoms with E-state index in [0.717, 1.165) is 16.8 Å². The number of hydrogen-bond donors (Lipinski definition) is 1. The summed E-state index contributed by atoms with van der Waals surface area (Å²) in [7, 11) is 0. The Morgan fingerprint density at radius 3 is 2.59 bits per heavy atom. The van der Waals surface area contributed by atoms with Gasteiger partial charge in [0.25, 0.3) is 11.5 Å². The van der Waals surface area contributed by atoms with Crippen LogP contribution in [0, 0.1) is 19.8 Å². The molecule has 1 aromatic carbocycles. The lowest BCUT2D eigenvalue weighted by Crippen LogP contribution is -2.27. The predicted molar refractivity (Wildman–Crippen MR) is 87.2 cm³/mol. The molecule has 116 valence electrons. The molecule has 1 heterocycles. The number of carbonyl (C=O) groups is 1. The number of nitrogens with zero attached hydrogens (tertiary/aromatic N) is 2. The maximum atomic E-state index is 12.3. The highest BCUT2D eigenvalue weighted by atomic mass is 16.2. The van der Waals surface area contributed by atoms with Crippen molar-refractivity contribution in [3.05, 3.63) is 57.5 Å². The Hall–Kier alpha value is -2.43. The second-order valence-electron chi connectivity index (χ2n) is 5.91. The van der Waals surface area contributed by atoms with E-state index in [0.29, 0.717) is 6.54 Å². The number of nitrogens with one attached hydrogen (secondary N) is 1. The van der Waals surface area contributed by atoms with Crippen LogP contribution in [0.3, 0.4) is 0 Å². The molecular formula is C17H21N3O2. The van der Waals surface area contributed by atoms with E-state index in [1.54, 1.807) is 0 Å². The maximum Gasteiger partial charge on any atom is 0.276 e. The smallest absolute Gasteiger partial charge is 0.276 e. The Bertz CT molecular complexity index is 748. The molecule has 0 saturated carbocycles. The van der Waals surface area contributed by atoms with Gasteiger partial charge in [-0.2, -0.15) is 5.10 Å². The number of aryl methyl sites for hydroxylation is 2. The standard InChI is InChI=1S/C17H21N3O2/c1-11(2)10-20-16(21)8-7-15(19-20)17(22)18-14-6-5-12(3)9-13(14)4/h5-9,11H,10H2,1-4H3,(H,18,22). The normalized spacial score (nSPS) is 10.8. The molecule has 0 aliphatic heterocycles. The van der Waals surface area contributed by atoms with Crippen molar-refractivity contribution in [1.82, 2.24) is 9.78 Å².